The maximum absolute atomic E-state index is 12.6. The monoisotopic (exact) mass is 481 g/mol. The Kier molecular flexibility index (Phi) is 8.73. The van der Waals surface area contributed by atoms with Crippen LogP contribution in [0, 0.1) is 0 Å². The zero-order valence-corrected chi connectivity index (χ0v) is 21.0. The summed E-state index contributed by atoms with van der Waals surface area (Å²) in [5, 5.41) is 1.16. The van der Waals surface area contributed by atoms with Gasteiger partial charge in [0, 0.05) is 25.2 Å². The van der Waals surface area contributed by atoms with E-state index in [1.165, 1.54) is 0 Å². The van der Waals surface area contributed by atoms with E-state index < -0.39 is 11.7 Å². The van der Waals surface area contributed by atoms with Crippen LogP contribution in [0.5, 0.6) is 0 Å². The fraction of sp³-hybridized carbons (Fsp3) is 0.444. The predicted octanol–water partition coefficient (Wildman–Crippen LogP) is 5.10. The Labute approximate surface area is 207 Å². The van der Waals surface area contributed by atoms with Crippen LogP contribution in [0.15, 0.2) is 54.6 Å². The number of carbonyl (C=O) groups excluding carboxylic acids is 3. The van der Waals surface area contributed by atoms with Crippen LogP contribution in [-0.4, -0.2) is 53.2 Å². The van der Waals surface area contributed by atoms with Gasteiger partial charge in [-0.3, -0.25) is 10.2 Å². The highest BCUT2D eigenvalue weighted by molar-refractivity contribution is 5.95. The van der Waals surface area contributed by atoms with Gasteiger partial charge < -0.3 is 14.4 Å². The molecule has 8 nitrogen and oxygen atoms in total. The van der Waals surface area contributed by atoms with Crippen molar-refractivity contribution in [1.29, 1.82) is 0 Å². The molecule has 0 spiro atoms. The van der Waals surface area contributed by atoms with Crippen molar-refractivity contribution in [3.8, 4) is 0 Å². The summed E-state index contributed by atoms with van der Waals surface area (Å²) >= 11 is 0. The van der Waals surface area contributed by atoms with Crippen LogP contribution in [0.25, 0.3) is 0 Å². The van der Waals surface area contributed by atoms with Crippen molar-refractivity contribution in [3.05, 3.63) is 71.3 Å². The minimum absolute atomic E-state index is 0.270. The lowest BCUT2D eigenvalue weighted by Gasteiger charge is -2.31. The smallest absolute Gasteiger partial charge is 0.429 e. The van der Waals surface area contributed by atoms with Crippen molar-refractivity contribution in [2.24, 2.45) is 0 Å². The molecule has 3 rings (SSSR count). The highest BCUT2D eigenvalue weighted by atomic mass is 16.6. The zero-order chi connectivity index (χ0) is 25.4. The van der Waals surface area contributed by atoms with Gasteiger partial charge in [0.25, 0.3) is 5.91 Å². The molecule has 1 saturated heterocycles. The summed E-state index contributed by atoms with van der Waals surface area (Å²) in [7, 11) is 0. The molecule has 2 aromatic rings. The van der Waals surface area contributed by atoms with E-state index in [9.17, 15) is 14.4 Å². The van der Waals surface area contributed by atoms with Gasteiger partial charge in [-0.1, -0.05) is 42.5 Å². The molecule has 0 radical (unpaired) electrons. The third-order valence-electron chi connectivity index (χ3n) is 5.77. The molecule has 188 valence electrons. The number of hydrogen-bond donors (Lipinski definition) is 1. The first-order valence-electron chi connectivity index (χ1n) is 12.0. The van der Waals surface area contributed by atoms with E-state index >= 15 is 0 Å². The molecular formula is C27H35N3O5. The first kappa shape index (κ1) is 26.1. The maximum atomic E-state index is 12.6. The molecule has 1 aliphatic heterocycles. The minimum Gasteiger partial charge on any atom is -0.445 e. The minimum atomic E-state index is -0.648. The molecule has 1 fully saturated rings. The number of likely N-dealkylation sites (tertiary alicyclic amines) is 1. The van der Waals surface area contributed by atoms with Crippen LogP contribution in [0.1, 0.15) is 67.9 Å². The van der Waals surface area contributed by atoms with Crippen LogP contribution < -0.4 is 5.43 Å². The average molecular weight is 482 g/mol. The van der Waals surface area contributed by atoms with E-state index in [0.29, 0.717) is 24.6 Å². The number of carbonyl (C=O) groups is 3. The number of nitrogens with one attached hydrogen (secondary N) is 1. The molecule has 1 heterocycles. The number of amides is 3. The normalized spacial score (nSPS) is 14.2. The van der Waals surface area contributed by atoms with Crippen molar-refractivity contribution < 1.29 is 23.9 Å². The van der Waals surface area contributed by atoms with Gasteiger partial charge in [0.05, 0.1) is 0 Å². The molecule has 3 amide bonds. The number of rotatable bonds is 5. The molecule has 8 heteroatoms. The van der Waals surface area contributed by atoms with Crippen molar-refractivity contribution in [2.75, 3.05) is 19.6 Å². The fourth-order valence-electron chi connectivity index (χ4n) is 3.87. The molecular weight excluding hydrogens is 446 g/mol. The van der Waals surface area contributed by atoms with E-state index in [1.54, 1.807) is 44.7 Å². The lowest BCUT2D eigenvalue weighted by Crippen LogP contribution is -2.48. The van der Waals surface area contributed by atoms with Gasteiger partial charge in [0.1, 0.15) is 12.2 Å². The number of ether oxygens (including phenoxy) is 2. The van der Waals surface area contributed by atoms with E-state index in [2.05, 4.69) is 5.43 Å². The Morgan fingerprint density at radius 2 is 1.63 bits per heavy atom. The zero-order valence-electron chi connectivity index (χ0n) is 21.0. The van der Waals surface area contributed by atoms with E-state index in [1.807, 2.05) is 42.5 Å². The summed E-state index contributed by atoms with van der Waals surface area (Å²) in [6.07, 6.45) is 0.770. The number of hydrazine groups is 1. The summed E-state index contributed by atoms with van der Waals surface area (Å²) < 4.78 is 10.8. The summed E-state index contributed by atoms with van der Waals surface area (Å²) in [5.74, 6) is -0.0700. The van der Waals surface area contributed by atoms with Gasteiger partial charge in [0.2, 0.25) is 0 Å². The Morgan fingerprint density at radius 3 is 2.20 bits per heavy atom. The second-order valence-electron chi connectivity index (χ2n) is 9.59. The highest BCUT2D eigenvalue weighted by Gasteiger charge is 2.26. The maximum Gasteiger partial charge on any atom is 0.429 e. The SMILES string of the molecule is CCN(NC(=O)c1ccc(C2CCN(C(=O)OCc3ccccc3)CC2)cc1)C(=O)OC(C)(C)C. The van der Waals surface area contributed by atoms with Crippen LogP contribution >= 0.6 is 0 Å². The number of nitrogens with zero attached hydrogens (tertiary/aromatic N) is 2. The molecule has 1 aliphatic rings. The lowest BCUT2D eigenvalue weighted by atomic mass is 9.89. The van der Waals surface area contributed by atoms with Gasteiger partial charge in [0.15, 0.2) is 0 Å². The molecule has 1 N–H and O–H groups in total. The lowest BCUT2D eigenvalue weighted by molar-refractivity contribution is 0.0146. The van der Waals surface area contributed by atoms with Gasteiger partial charge in [-0.25, -0.2) is 14.6 Å². The largest absolute Gasteiger partial charge is 0.445 e. The average Bonchev–Trinajstić information content (AvgIpc) is 2.85. The Hall–Kier alpha value is -3.55. The molecule has 0 atom stereocenters. The Balaban J connectivity index is 1.48. The second kappa shape index (κ2) is 11.7. The number of hydrogen-bond acceptors (Lipinski definition) is 5. The Bertz CT molecular complexity index is 994. The summed E-state index contributed by atoms with van der Waals surface area (Å²) in [6, 6.07) is 17.0. The van der Waals surface area contributed by atoms with Gasteiger partial charge in [-0.15, -0.1) is 0 Å². The molecule has 0 unspecified atom stereocenters. The summed E-state index contributed by atoms with van der Waals surface area (Å²) in [6.45, 7) is 8.89. The predicted molar refractivity (Wildman–Crippen MR) is 133 cm³/mol. The summed E-state index contributed by atoms with van der Waals surface area (Å²) in [5.41, 5.74) is 4.51. The van der Waals surface area contributed by atoms with Crippen LogP contribution in [-0.2, 0) is 16.1 Å². The van der Waals surface area contributed by atoms with Crippen molar-refractivity contribution in [3.63, 3.8) is 0 Å². The molecule has 0 aromatic heterocycles. The molecule has 2 aromatic carbocycles. The molecule has 0 saturated carbocycles. The van der Waals surface area contributed by atoms with E-state index in [-0.39, 0.29) is 25.2 Å². The third kappa shape index (κ3) is 7.73. The van der Waals surface area contributed by atoms with Crippen LogP contribution in [0.3, 0.4) is 0 Å². The van der Waals surface area contributed by atoms with Crippen LogP contribution in [0.4, 0.5) is 9.59 Å². The fourth-order valence-corrected chi connectivity index (χ4v) is 3.87. The topological polar surface area (TPSA) is 88.2 Å². The van der Waals surface area contributed by atoms with E-state index in [0.717, 1.165) is 29.0 Å². The number of piperidine rings is 1. The first-order valence-corrected chi connectivity index (χ1v) is 12.0. The molecule has 0 aliphatic carbocycles. The third-order valence-corrected chi connectivity index (χ3v) is 5.77. The van der Waals surface area contributed by atoms with E-state index in [4.69, 9.17) is 9.47 Å². The van der Waals surface area contributed by atoms with Crippen molar-refractivity contribution in [1.82, 2.24) is 15.3 Å². The molecule has 35 heavy (non-hydrogen) atoms. The van der Waals surface area contributed by atoms with Crippen LogP contribution in [0.2, 0.25) is 0 Å². The molecule has 0 bridgehead atoms. The van der Waals surface area contributed by atoms with Gasteiger partial charge in [-0.05, 0) is 69.7 Å². The Morgan fingerprint density at radius 1 is 1.00 bits per heavy atom. The van der Waals surface area contributed by atoms with Gasteiger partial charge in [-0.2, -0.15) is 0 Å². The standard InChI is InChI=1S/C27H35N3O5/c1-5-30(26(33)35-27(2,3)4)28-24(31)23-13-11-21(12-14-23)22-15-17-29(18-16-22)25(32)34-19-20-9-7-6-8-10-20/h6-14,22H,5,15-19H2,1-4H3,(H,28,31). The second-order valence-corrected chi connectivity index (χ2v) is 9.59. The number of benzene rings is 2. The summed E-state index contributed by atoms with van der Waals surface area (Å²) in [4.78, 5) is 39.0. The first-order chi connectivity index (χ1) is 16.7. The van der Waals surface area contributed by atoms with Gasteiger partial charge >= 0.3 is 12.2 Å². The quantitative estimate of drug-likeness (QED) is 0.600. The van der Waals surface area contributed by atoms with Crippen molar-refractivity contribution >= 4 is 18.1 Å². The highest BCUT2D eigenvalue weighted by Crippen LogP contribution is 2.28. The van der Waals surface area contributed by atoms with Crippen molar-refractivity contribution in [2.45, 2.75) is 58.7 Å².